The van der Waals surface area contributed by atoms with Gasteiger partial charge in [0.1, 0.15) is 37.6 Å². The zero-order valence-corrected chi connectivity index (χ0v) is 19.8. The molecule has 0 fully saturated rings. The van der Waals surface area contributed by atoms with Crippen molar-refractivity contribution in [3.05, 3.63) is 31.5 Å². The normalized spacial score (nSPS) is 11.0. The molecule has 0 unspecified atom stereocenters. The molecule has 0 bridgehead atoms. The lowest BCUT2D eigenvalue weighted by atomic mass is 10.1. The number of carbonyl (C=O) groups is 4. The van der Waals surface area contributed by atoms with Gasteiger partial charge >= 0.3 is 29.0 Å². The first-order chi connectivity index (χ1) is 15.9. The highest BCUT2D eigenvalue weighted by atomic mass is 16.5. The molecule has 0 saturated heterocycles. The standard InChI is InChI=1S/C21H31N3O10/c1-13(2)15(26)11-17(28)33-9-6-23-19(30)22(5-8-25)20(31)24(21(23)32)7-10-34-18(29)12-16(27)14(3)4/h13-14,25H,5-12H2,1-4H3. The number of aliphatic hydroxyl groups is 1. The molecule has 0 spiro atoms. The summed E-state index contributed by atoms with van der Waals surface area (Å²) in [6.07, 6.45) is -0.906. The number of Topliss-reactive ketones (excluding diaryl/α,β-unsaturated/α-hetero) is 2. The summed E-state index contributed by atoms with van der Waals surface area (Å²) in [4.78, 5) is 84.5. The second-order valence-electron chi connectivity index (χ2n) is 8.06. The average molecular weight is 485 g/mol. The number of ether oxygens (including phenoxy) is 2. The van der Waals surface area contributed by atoms with Gasteiger partial charge in [-0.3, -0.25) is 19.2 Å². The van der Waals surface area contributed by atoms with E-state index in [0.29, 0.717) is 13.7 Å². The molecule has 13 heteroatoms. The number of aliphatic hydroxyl groups excluding tert-OH is 1. The first kappa shape index (κ1) is 28.7. The molecular formula is C21H31N3O10. The van der Waals surface area contributed by atoms with Crippen molar-refractivity contribution in [2.45, 2.75) is 60.2 Å². The molecule has 34 heavy (non-hydrogen) atoms. The van der Waals surface area contributed by atoms with Gasteiger partial charge in [-0.15, -0.1) is 0 Å². The lowest BCUT2D eigenvalue weighted by Crippen LogP contribution is -2.55. The number of aromatic nitrogens is 3. The highest BCUT2D eigenvalue weighted by molar-refractivity contribution is 5.96. The summed E-state index contributed by atoms with van der Waals surface area (Å²) in [6.45, 7) is 3.90. The van der Waals surface area contributed by atoms with Gasteiger partial charge in [0.25, 0.3) is 0 Å². The quantitative estimate of drug-likeness (QED) is 0.241. The van der Waals surface area contributed by atoms with Crippen molar-refractivity contribution in [1.29, 1.82) is 0 Å². The minimum atomic E-state index is -1.03. The lowest BCUT2D eigenvalue weighted by Gasteiger charge is -2.14. The van der Waals surface area contributed by atoms with Crippen LogP contribution in [0.5, 0.6) is 0 Å². The van der Waals surface area contributed by atoms with Gasteiger partial charge in [-0.1, -0.05) is 27.7 Å². The maximum absolute atomic E-state index is 12.7. The van der Waals surface area contributed by atoms with E-state index in [1.807, 2.05) is 0 Å². The van der Waals surface area contributed by atoms with Gasteiger partial charge in [-0.05, 0) is 0 Å². The Kier molecular flexibility index (Phi) is 11.3. The van der Waals surface area contributed by atoms with E-state index in [1.54, 1.807) is 27.7 Å². The Bertz CT molecular complexity index is 999. The maximum atomic E-state index is 12.7. The second kappa shape index (κ2) is 13.4. The maximum Gasteiger partial charge on any atom is 0.336 e. The fraction of sp³-hybridized carbons (Fsp3) is 0.667. The number of esters is 2. The molecule has 0 aliphatic carbocycles. The Hall–Kier alpha value is -3.35. The minimum absolute atomic E-state index is 0.328. The van der Waals surface area contributed by atoms with Crippen LogP contribution in [-0.2, 0) is 48.3 Å². The topological polar surface area (TPSA) is 173 Å². The highest BCUT2D eigenvalue weighted by Gasteiger charge is 2.18. The SMILES string of the molecule is CC(C)C(=O)CC(=O)OCCn1c(=O)n(CCO)c(=O)n(CCOC(=O)CC(=O)C(C)C)c1=O. The molecule has 0 aliphatic heterocycles. The van der Waals surface area contributed by atoms with Crippen molar-refractivity contribution in [2.75, 3.05) is 19.8 Å². The molecule has 190 valence electrons. The van der Waals surface area contributed by atoms with Gasteiger partial charge in [-0.2, -0.15) is 0 Å². The zero-order chi connectivity index (χ0) is 26.0. The summed E-state index contributed by atoms with van der Waals surface area (Å²) in [6, 6.07) is 0. The van der Waals surface area contributed by atoms with Crippen LogP contribution in [0.15, 0.2) is 14.4 Å². The molecule has 13 nitrogen and oxygen atoms in total. The molecule has 0 aromatic carbocycles. The Morgan fingerprint density at radius 3 is 1.29 bits per heavy atom. The number of hydrogen-bond acceptors (Lipinski definition) is 10. The summed E-state index contributed by atoms with van der Waals surface area (Å²) >= 11 is 0. The van der Waals surface area contributed by atoms with Gasteiger partial charge in [0, 0.05) is 11.8 Å². The van der Waals surface area contributed by atoms with Crippen LogP contribution >= 0.6 is 0 Å². The smallest absolute Gasteiger partial charge is 0.336 e. The second-order valence-corrected chi connectivity index (χ2v) is 8.06. The Morgan fingerprint density at radius 1 is 0.676 bits per heavy atom. The third-order valence-corrected chi connectivity index (χ3v) is 4.79. The first-order valence-corrected chi connectivity index (χ1v) is 10.8. The van der Waals surface area contributed by atoms with E-state index in [9.17, 15) is 38.7 Å². The Balaban J connectivity index is 2.99. The van der Waals surface area contributed by atoms with Crippen LogP contribution in [0, 0.1) is 11.8 Å². The number of ketones is 2. The van der Waals surface area contributed by atoms with E-state index in [0.717, 1.165) is 0 Å². The van der Waals surface area contributed by atoms with E-state index in [4.69, 9.17) is 9.47 Å². The average Bonchev–Trinajstić information content (AvgIpc) is 2.75. The van der Waals surface area contributed by atoms with E-state index >= 15 is 0 Å². The van der Waals surface area contributed by atoms with Crippen molar-refractivity contribution in [1.82, 2.24) is 13.7 Å². The van der Waals surface area contributed by atoms with Crippen molar-refractivity contribution in [3.8, 4) is 0 Å². The van der Waals surface area contributed by atoms with E-state index in [2.05, 4.69) is 0 Å². The van der Waals surface area contributed by atoms with Gasteiger partial charge < -0.3 is 14.6 Å². The summed E-state index contributed by atoms with van der Waals surface area (Å²) in [5.74, 6) is -3.02. The van der Waals surface area contributed by atoms with Crippen LogP contribution in [0.25, 0.3) is 0 Å². The molecule has 1 aromatic heterocycles. The van der Waals surface area contributed by atoms with Crippen molar-refractivity contribution >= 4 is 23.5 Å². The fourth-order valence-electron chi connectivity index (χ4n) is 2.65. The Labute approximate surface area is 194 Å². The predicted molar refractivity (Wildman–Crippen MR) is 117 cm³/mol. The molecule has 1 heterocycles. The monoisotopic (exact) mass is 485 g/mol. The third-order valence-electron chi connectivity index (χ3n) is 4.79. The zero-order valence-electron chi connectivity index (χ0n) is 19.8. The number of rotatable bonds is 14. The van der Waals surface area contributed by atoms with Crippen LogP contribution < -0.4 is 17.1 Å². The van der Waals surface area contributed by atoms with Gasteiger partial charge in [-0.25, -0.2) is 28.1 Å². The summed E-state index contributed by atoms with van der Waals surface area (Å²) in [5.41, 5.74) is -3.07. The molecule has 0 amide bonds. The van der Waals surface area contributed by atoms with Crippen LogP contribution in [0.3, 0.4) is 0 Å². The minimum Gasteiger partial charge on any atom is -0.463 e. The molecule has 1 N–H and O–H groups in total. The number of nitrogens with zero attached hydrogens (tertiary/aromatic N) is 3. The molecule has 0 aliphatic rings. The van der Waals surface area contributed by atoms with Crippen molar-refractivity contribution < 1.29 is 33.8 Å². The molecule has 0 saturated carbocycles. The molecule has 0 atom stereocenters. The third kappa shape index (κ3) is 8.21. The van der Waals surface area contributed by atoms with Gasteiger partial charge in [0.05, 0.1) is 26.2 Å². The molecule has 1 aromatic rings. The first-order valence-electron chi connectivity index (χ1n) is 10.8. The molecular weight excluding hydrogens is 454 g/mol. The van der Waals surface area contributed by atoms with E-state index in [1.165, 1.54) is 0 Å². The number of carbonyl (C=O) groups excluding carboxylic acids is 4. The van der Waals surface area contributed by atoms with Crippen molar-refractivity contribution in [3.63, 3.8) is 0 Å². The Morgan fingerprint density at radius 2 is 1.00 bits per heavy atom. The largest absolute Gasteiger partial charge is 0.463 e. The van der Waals surface area contributed by atoms with E-state index < -0.39 is 81.3 Å². The lowest BCUT2D eigenvalue weighted by molar-refractivity contribution is -0.148. The van der Waals surface area contributed by atoms with Crippen LogP contribution in [-0.4, -0.2) is 62.1 Å². The van der Waals surface area contributed by atoms with Crippen molar-refractivity contribution in [2.24, 2.45) is 11.8 Å². The molecule has 1 rings (SSSR count). The number of hydrogen-bond donors (Lipinski definition) is 1. The summed E-state index contributed by atoms with van der Waals surface area (Å²) in [7, 11) is 0. The van der Waals surface area contributed by atoms with Gasteiger partial charge in [0.2, 0.25) is 0 Å². The predicted octanol–water partition coefficient (Wildman–Crippen LogP) is -1.52. The highest BCUT2D eigenvalue weighted by Crippen LogP contribution is 2.01. The van der Waals surface area contributed by atoms with Crippen LogP contribution in [0.1, 0.15) is 40.5 Å². The summed E-state index contributed by atoms with van der Waals surface area (Å²) < 4.78 is 11.7. The van der Waals surface area contributed by atoms with Gasteiger partial charge in [0.15, 0.2) is 0 Å². The van der Waals surface area contributed by atoms with Crippen LogP contribution in [0.2, 0.25) is 0 Å². The molecule has 0 radical (unpaired) electrons. The van der Waals surface area contributed by atoms with E-state index in [-0.39, 0.29) is 23.4 Å². The summed E-state index contributed by atoms with van der Waals surface area (Å²) in [5, 5.41) is 9.18. The van der Waals surface area contributed by atoms with Crippen LogP contribution in [0.4, 0.5) is 0 Å². The fourth-order valence-corrected chi connectivity index (χ4v) is 2.65.